The molecule has 2 aromatic rings. The van der Waals surface area contributed by atoms with Crippen molar-refractivity contribution in [3.8, 4) is 5.75 Å². The van der Waals surface area contributed by atoms with Crippen LogP contribution in [0.3, 0.4) is 0 Å². The molecule has 18 heavy (non-hydrogen) atoms. The molecule has 3 nitrogen and oxygen atoms in total. The van der Waals surface area contributed by atoms with Crippen LogP contribution in [0.25, 0.3) is 0 Å². The van der Waals surface area contributed by atoms with Gasteiger partial charge in [-0.15, -0.1) is 11.3 Å². The fourth-order valence-corrected chi connectivity index (χ4v) is 2.62. The lowest BCUT2D eigenvalue weighted by Gasteiger charge is -2.13. The first-order valence-electron chi connectivity index (χ1n) is 6.00. The van der Waals surface area contributed by atoms with Crippen LogP contribution in [0.5, 0.6) is 5.75 Å². The zero-order valence-electron chi connectivity index (χ0n) is 10.9. The highest BCUT2D eigenvalue weighted by atomic mass is 32.1. The molecule has 4 heteroatoms. The molecule has 1 heterocycles. The summed E-state index contributed by atoms with van der Waals surface area (Å²) in [7, 11) is 0. The van der Waals surface area contributed by atoms with Crippen LogP contribution in [0, 0.1) is 13.8 Å². The number of hydrogen-bond acceptors (Lipinski definition) is 4. The summed E-state index contributed by atoms with van der Waals surface area (Å²) >= 11 is 1.66. The Balaban J connectivity index is 2.02. The minimum atomic E-state index is 0.249. The van der Waals surface area contributed by atoms with Gasteiger partial charge in [0.25, 0.3) is 0 Å². The van der Waals surface area contributed by atoms with E-state index in [1.54, 1.807) is 11.3 Å². The molecule has 1 atom stereocenters. The Labute approximate surface area is 112 Å². The summed E-state index contributed by atoms with van der Waals surface area (Å²) in [6.45, 7) is 6.74. The van der Waals surface area contributed by atoms with Crippen molar-refractivity contribution in [2.45, 2.75) is 33.4 Å². The molecule has 1 unspecified atom stereocenters. The average Bonchev–Trinajstić information content (AvgIpc) is 2.86. The molecule has 2 rings (SSSR count). The maximum Gasteiger partial charge on any atom is 0.121 e. The Bertz CT molecular complexity index is 500. The van der Waals surface area contributed by atoms with Crippen LogP contribution in [-0.2, 0) is 6.54 Å². The van der Waals surface area contributed by atoms with Gasteiger partial charge in [0.1, 0.15) is 10.8 Å². The quantitative estimate of drug-likeness (QED) is 0.888. The van der Waals surface area contributed by atoms with Gasteiger partial charge in [0.15, 0.2) is 0 Å². The second kappa shape index (κ2) is 5.50. The van der Waals surface area contributed by atoms with Gasteiger partial charge in [-0.25, -0.2) is 4.98 Å². The Morgan fingerprint density at radius 1 is 1.33 bits per heavy atom. The predicted octanol–water partition coefficient (Wildman–Crippen LogP) is 3.32. The molecule has 0 aliphatic carbocycles. The maximum absolute atomic E-state index is 9.73. The number of hydrogen-bond donors (Lipinski definition) is 2. The minimum absolute atomic E-state index is 0.249. The van der Waals surface area contributed by atoms with Crippen molar-refractivity contribution in [2.75, 3.05) is 0 Å². The van der Waals surface area contributed by atoms with Crippen molar-refractivity contribution in [1.82, 2.24) is 10.3 Å². The van der Waals surface area contributed by atoms with Gasteiger partial charge in [-0.2, -0.15) is 0 Å². The number of rotatable bonds is 4. The molecule has 96 valence electrons. The molecule has 0 fully saturated rings. The topological polar surface area (TPSA) is 45.2 Å². The Kier molecular flexibility index (Phi) is 3.99. The molecule has 0 spiro atoms. The molecule has 2 N–H and O–H groups in total. The van der Waals surface area contributed by atoms with E-state index in [9.17, 15) is 5.11 Å². The zero-order chi connectivity index (χ0) is 13.1. The van der Waals surface area contributed by atoms with E-state index in [0.29, 0.717) is 5.75 Å². The SMILES string of the molecule is Cc1cc(CNC(C)c2nccs2)cc(C)c1O. The molecule has 0 bridgehead atoms. The van der Waals surface area contributed by atoms with E-state index in [1.165, 1.54) is 5.56 Å². The Morgan fingerprint density at radius 2 is 2.00 bits per heavy atom. The predicted molar refractivity (Wildman–Crippen MR) is 74.9 cm³/mol. The van der Waals surface area contributed by atoms with Gasteiger partial charge >= 0.3 is 0 Å². The molecule has 1 aromatic carbocycles. The highest BCUT2D eigenvalue weighted by Crippen LogP contribution is 2.23. The van der Waals surface area contributed by atoms with Crippen LogP contribution in [0.15, 0.2) is 23.7 Å². The molecule has 1 aromatic heterocycles. The molecule has 0 saturated carbocycles. The first-order chi connectivity index (χ1) is 8.58. The lowest BCUT2D eigenvalue weighted by molar-refractivity contribution is 0.466. The van der Waals surface area contributed by atoms with E-state index >= 15 is 0 Å². The number of nitrogens with zero attached hydrogens (tertiary/aromatic N) is 1. The second-order valence-corrected chi connectivity index (χ2v) is 5.48. The molecule has 0 saturated heterocycles. The summed E-state index contributed by atoms with van der Waals surface area (Å²) in [5.74, 6) is 0.395. The van der Waals surface area contributed by atoms with Crippen LogP contribution in [0.2, 0.25) is 0 Å². The van der Waals surface area contributed by atoms with Crippen molar-refractivity contribution in [2.24, 2.45) is 0 Å². The van der Waals surface area contributed by atoms with Crippen LogP contribution in [0.4, 0.5) is 0 Å². The van der Waals surface area contributed by atoms with Gasteiger partial charge < -0.3 is 10.4 Å². The van der Waals surface area contributed by atoms with Gasteiger partial charge in [0, 0.05) is 18.1 Å². The number of benzene rings is 1. The van der Waals surface area contributed by atoms with Crippen molar-refractivity contribution in [3.05, 3.63) is 45.4 Å². The number of aromatic nitrogens is 1. The first kappa shape index (κ1) is 13.1. The zero-order valence-corrected chi connectivity index (χ0v) is 11.7. The fourth-order valence-electron chi connectivity index (χ4n) is 1.95. The van der Waals surface area contributed by atoms with Crippen LogP contribution >= 0.6 is 11.3 Å². The third kappa shape index (κ3) is 2.89. The lowest BCUT2D eigenvalue weighted by Crippen LogP contribution is -2.18. The van der Waals surface area contributed by atoms with E-state index in [0.717, 1.165) is 22.7 Å². The monoisotopic (exact) mass is 262 g/mol. The third-order valence-electron chi connectivity index (χ3n) is 2.99. The third-order valence-corrected chi connectivity index (χ3v) is 3.94. The van der Waals surface area contributed by atoms with Crippen molar-refractivity contribution >= 4 is 11.3 Å². The van der Waals surface area contributed by atoms with Crippen LogP contribution in [0.1, 0.15) is 34.7 Å². The van der Waals surface area contributed by atoms with E-state index < -0.39 is 0 Å². The Morgan fingerprint density at radius 3 is 2.56 bits per heavy atom. The summed E-state index contributed by atoms with van der Waals surface area (Å²) in [6, 6.07) is 4.28. The van der Waals surface area contributed by atoms with E-state index in [2.05, 4.69) is 17.2 Å². The lowest BCUT2D eigenvalue weighted by atomic mass is 10.1. The molecule has 0 aliphatic rings. The van der Waals surface area contributed by atoms with Gasteiger partial charge in [-0.05, 0) is 37.5 Å². The number of aromatic hydroxyl groups is 1. The fraction of sp³-hybridized carbons (Fsp3) is 0.357. The summed E-state index contributed by atoms with van der Waals surface area (Å²) in [5.41, 5.74) is 3.04. The summed E-state index contributed by atoms with van der Waals surface area (Å²) in [4.78, 5) is 4.29. The van der Waals surface area contributed by atoms with Crippen molar-refractivity contribution < 1.29 is 5.11 Å². The minimum Gasteiger partial charge on any atom is -0.507 e. The molecular formula is C14H18N2OS. The number of nitrogens with one attached hydrogen (secondary N) is 1. The van der Waals surface area contributed by atoms with Gasteiger partial charge in [-0.3, -0.25) is 0 Å². The van der Waals surface area contributed by atoms with Gasteiger partial charge in [0.05, 0.1) is 6.04 Å². The highest BCUT2D eigenvalue weighted by molar-refractivity contribution is 7.09. The molecule has 0 aliphatic heterocycles. The van der Waals surface area contributed by atoms with Crippen LogP contribution in [-0.4, -0.2) is 10.1 Å². The summed E-state index contributed by atoms with van der Waals surface area (Å²) in [6.07, 6.45) is 1.83. The number of thiazole rings is 1. The largest absolute Gasteiger partial charge is 0.507 e. The van der Waals surface area contributed by atoms with Crippen molar-refractivity contribution in [1.29, 1.82) is 0 Å². The van der Waals surface area contributed by atoms with Crippen molar-refractivity contribution in [3.63, 3.8) is 0 Å². The first-order valence-corrected chi connectivity index (χ1v) is 6.87. The average molecular weight is 262 g/mol. The summed E-state index contributed by atoms with van der Waals surface area (Å²) in [5, 5.41) is 16.3. The molecule has 0 radical (unpaired) electrons. The number of phenols is 1. The smallest absolute Gasteiger partial charge is 0.121 e. The second-order valence-electron chi connectivity index (χ2n) is 4.55. The van der Waals surface area contributed by atoms with E-state index in [4.69, 9.17) is 0 Å². The van der Waals surface area contributed by atoms with Gasteiger partial charge in [-0.1, -0.05) is 12.1 Å². The molecule has 0 amide bonds. The number of aryl methyl sites for hydroxylation is 2. The molecular weight excluding hydrogens is 244 g/mol. The van der Waals surface area contributed by atoms with E-state index in [1.807, 2.05) is 37.6 Å². The number of phenolic OH excluding ortho intramolecular Hbond substituents is 1. The normalized spacial score (nSPS) is 12.6. The van der Waals surface area contributed by atoms with Crippen LogP contribution < -0.4 is 5.32 Å². The highest BCUT2D eigenvalue weighted by Gasteiger charge is 2.08. The van der Waals surface area contributed by atoms with Gasteiger partial charge in [0.2, 0.25) is 0 Å². The summed E-state index contributed by atoms with van der Waals surface area (Å²) < 4.78 is 0. The Hall–Kier alpha value is -1.39. The maximum atomic E-state index is 9.73. The van der Waals surface area contributed by atoms with E-state index in [-0.39, 0.29) is 6.04 Å². The standard InChI is InChI=1S/C14H18N2OS/c1-9-6-12(7-10(2)13(9)17)8-16-11(3)14-15-4-5-18-14/h4-7,11,16-17H,8H2,1-3H3.